The van der Waals surface area contributed by atoms with Crippen LogP contribution in [0.15, 0.2) is 24.4 Å². The van der Waals surface area contributed by atoms with Gasteiger partial charge in [-0.2, -0.15) is 0 Å². The van der Waals surface area contributed by atoms with Gasteiger partial charge in [-0.05, 0) is 25.1 Å². The molecule has 1 heterocycles. The first kappa shape index (κ1) is 12.9. The van der Waals surface area contributed by atoms with Crippen LogP contribution in [-0.4, -0.2) is 9.97 Å². The Kier molecular flexibility index (Phi) is 3.88. The highest BCUT2D eigenvalue weighted by Gasteiger charge is 2.06. The number of nitrogens with zero attached hydrogens (tertiary/aromatic N) is 1. The number of nitrogens with one attached hydrogen (secondary N) is 1. The lowest BCUT2D eigenvalue weighted by Crippen LogP contribution is -2.12. The maximum absolute atomic E-state index is 13.6. The Morgan fingerprint density at radius 1 is 1.56 bits per heavy atom. The van der Waals surface area contributed by atoms with Crippen LogP contribution in [-0.2, 0) is 6.54 Å². The summed E-state index contributed by atoms with van der Waals surface area (Å²) < 4.78 is 13.6. The molecule has 0 aliphatic carbocycles. The zero-order chi connectivity index (χ0) is 13.1. The zero-order valence-electron chi connectivity index (χ0n) is 9.74. The van der Waals surface area contributed by atoms with Gasteiger partial charge in [-0.3, -0.25) is 0 Å². The van der Waals surface area contributed by atoms with Crippen LogP contribution in [0.3, 0.4) is 0 Å². The minimum Gasteiger partial charge on any atom is -0.389 e. The lowest BCUT2D eigenvalue weighted by atomic mass is 10.2. The van der Waals surface area contributed by atoms with Gasteiger partial charge in [0.1, 0.15) is 15.8 Å². The summed E-state index contributed by atoms with van der Waals surface area (Å²) in [7, 11) is 0. The Bertz CT molecular complexity index is 580. The second-order valence-electron chi connectivity index (χ2n) is 3.78. The van der Waals surface area contributed by atoms with Gasteiger partial charge in [-0.15, -0.1) is 11.3 Å². The molecule has 1 aromatic heterocycles. The molecule has 0 unspecified atom stereocenters. The predicted molar refractivity (Wildman–Crippen MR) is 76.5 cm³/mol. The predicted octanol–water partition coefficient (Wildman–Crippen LogP) is 2.84. The Morgan fingerprint density at radius 3 is 2.89 bits per heavy atom. The Labute approximate surface area is 114 Å². The van der Waals surface area contributed by atoms with Crippen LogP contribution < -0.4 is 11.1 Å². The first-order valence-electron chi connectivity index (χ1n) is 5.31. The number of hydrogen-bond acceptors (Lipinski definition) is 4. The fourth-order valence-electron chi connectivity index (χ4n) is 1.49. The molecule has 6 heteroatoms. The monoisotopic (exact) mass is 281 g/mol. The summed E-state index contributed by atoms with van der Waals surface area (Å²) in [6.07, 6.45) is 1.82. The number of aryl methyl sites for hydroxylation is 1. The van der Waals surface area contributed by atoms with E-state index in [1.165, 1.54) is 6.07 Å². The van der Waals surface area contributed by atoms with Gasteiger partial charge < -0.3 is 11.1 Å². The molecule has 0 atom stereocenters. The van der Waals surface area contributed by atoms with E-state index >= 15 is 0 Å². The molecule has 2 rings (SSSR count). The van der Waals surface area contributed by atoms with E-state index in [9.17, 15) is 4.39 Å². The highest BCUT2D eigenvalue weighted by Crippen LogP contribution is 2.17. The molecular weight excluding hydrogens is 269 g/mol. The molecule has 0 saturated carbocycles. The van der Waals surface area contributed by atoms with Crippen LogP contribution in [0.1, 0.15) is 15.4 Å². The number of nitrogens with two attached hydrogens (primary N) is 1. The highest BCUT2D eigenvalue weighted by atomic mass is 32.1. The van der Waals surface area contributed by atoms with E-state index in [0.717, 1.165) is 9.88 Å². The average molecular weight is 281 g/mol. The van der Waals surface area contributed by atoms with Crippen molar-refractivity contribution in [2.24, 2.45) is 5.73 Å². The van der Waals surface area contributed by atoms with E-state index in [4.69, 9.17) is 18.0 Å². The van der Waals surface area contributed by atoms with Gasteiger partial charge in [0.2, 0.25) is 0 Å². The first-order chi connectivity index (χ1) is 8.56. The van der Waals surface area contributed by atoms with Crippen LogP contribution >= 0.6 is 23.6 Å². The van der Waals surface area contributed by atoms with Crippen LogP contribution in [0.4, 0.5) is 10.1 Å². The molecule has 3 N–H and O–H groups in total. The molecule has 0 spiro atoms. The molecule has 1 aromatic carbocycles. The van der Waals surface area contributed by atoms with Crippen molar-refractivity contribution in [3.8, 4) is 0 Å². The topological polar surface area (TPSA) is 50.9 Å². The molecule has 0 fully saturated rings. The Morgan fingerprint density at radius 2 is 2.33 bits per heavy atom. The van der Waals surface area contributed by atoms with Crippen LogP contribution in [0.25, 0.3) is 0 Å². The van der Waals surface area contributed by atoms with Crippen LogP contribution in [0.5, 0.6) is 0 Å². The van der Waals surface area contributed by atoms with Gasteiger partial charge in [0, 0.05) is 22.3 Å². The third-order valence-corrected chi connectivity index (χ3v) is 3.48. The van der Waals surface area contributed by atoms with Crippen molar-refractivity contribution < 1.29 is 4.39 Å². The third kappa shape index (κ3) is 3.02. The van der Waals surface area contributed by atoms with E-state index in [0.29, 0.717) is 12.2 Å². The molecule has 0 radical (unpaired) electrons. The van der Waals surface area contributed by atoms with Gasteiger partial charge in [0.25, 0.3) is 0 Å². The second kappa shape index (κ2) is 5.41. The van der Waals surface area contributed by atoms with Gasteiger partial charge in [0.05, 0.1) is 6.54 Å². The summed E-state index contributed by atoms with van der Waals surface area (Å²) in [4.78, 5) is 5.44. The normalized spacial score (nSPS) is 10.3. The molecular formula is C12H12FN3S2. The van der Waals surface area contributed by atoms with Gasteiger partial charge in [-0.25, -0.2) is 9.37 Å². The van der Waals surface area contributed by atoms with Crippen molar-refractivity contribution in [2.75, 3.05) is 5.32 Å². The Balaban J connectivity index is 2.06. The minimum absolute atomic E-state index is 0.0644. The van der Waals surface area contributed by atoms with E-state index in [1.807, 2.05) is 13.1 Å². The zero-order valence-corrected chi connectivity index (χ0v) is 11.4. The Hall–Kier alpha value is -1.53. The number of benzene rings is 1. The lowest BCUT2D eigenvalue weighted by molar-refractivity contribution is 0.626. The largest absolute Gasteiger partial charge is 0.389 e. The number of hydrogen-bond donors (Lipinski definition) is 2. The second-order valence-corrected chi connectivity index (χ2v) is 5.54. The SMILES string of the molecule is Cc1cnc(CNc2ccc(C(N)=S)c(F)c2)s1. The van der Waals surface area contributed by atoms with Crippen molar-refractivity contribution >= 4 is 34.2 Å². The van der Waals surface area contributed by atoms with Crippen molar-refractivity contribution in [2.45, 2.75) is 13.5 Å². The van der Waals surface area contributed by atoms with E-state index in [1.54, 1.807) is 23.5 Å². The van der Waals surface area contributed by atoms with Crippen molar-refractivity contribution in [3.63, 3.8) is 0 Å². The summed E-state index contributed by atoms with van der Waals surface area (Å²) in [5.41, 5.74) is 6.34. The van der Waals surface area contributed by atoms with Crippen LogP contribution in [0.2, 0.25) is 0 Å². The van der Waals surface area contributed by atoms with Crippen molar-refractivity contribution in [3.05, 3.63) is 45.7 Å². The smallest absolute Gasteiger partial charge is 0.135 e. The van der Waals surface area contributed by atoms with Gasteiger partial charge in [0.15, 0.2) is 0 Å². The summed E-state index contributed by atoms with van der Waals surface area (Å²) in [6, 6.07) is 4.71. The highest BCUT2D eigenvalue weighted by molar-refractivity contribution is 7.80. The van der Waals surface area contributed by atoms with Gasteiger partial charge >= 0.3 is 0 Å². The van der Waals surface area contributed by atoms with Crippen LogP contribution in [0, 0.1) is 12.7 Å². The number of rotatable bonds is 4. The maximum atomic E-state index is 13.6. The number of thiazole rings is 1. The summed E-state index contributed by atoms with van der Waals surface area (Å²) in [6.45, 7) is 2.57. The lowest BCUT2D eigenvalue weighted by Gasteiger charge is -2.06. The third-order valence-electron chi connectivity index (χ3n) is 2.35. The molecule has 0 aliphatic rings. The van der Waals surface area contributed by atoms with Gasteiger partial charge in [-0.1, -0.05) is 12.2 Å². The molecule has 3 nitrogen and oxygen atoms in total. The maximum Gasteiger partial charge on any atom is 0.135 e. The molecule has 18 heavy (non-hydrogen) atoms. The molecule has 0 bridgehead atoms. The fourth-order valence-corrected chi connectivity index (χ4v) is 2.38. The van der Waals surface area contributed by atoms with Crippen molar-refractivity contribution in [1.29, 1.82) is 0 Å². The first-order valence-corrected chi connectivity index (χ1v) is 6.53. The number of halogens is 1. The molecule has 0 amide bonds. The standard InChI is InChI=1S/C12H12FN3S2/c1-7-5-16-11(18-7)6-15-8-2-3-9(12(14)17)10(13)4-8/h2-5,15H,6H2,1H3,(H2,14,17). The molecule has 94 valence electrons. The fraction of sp³-hybridized carbons (Fsp3) is 0.167. The van der Waals surface area contributed by atoms with E-state index in [2.05, 4.69) is 10.3 Å². The number of anilines is 1. The average Bonchev–Trinajstić information content (AvgIpc) is 2.72. The number of aromatic nitrogens is 1. The molecule has 0 aliphatic heterocycles. The summed E-state index contributed by atoms with van der Waals surface area (Å²) >= 11 is 6.36. The quantitative estimate of drug-likeness (QED) is 0.846. The van der Waals surface area contributed by atoms with Crippen molar-refractivity contribution in [1.82, 2.24) is 4.98 Å². The van der Waals surface area contributed by atoms with E-state index < -0.39 is 5.82 Å². The molecule has 0 saturated heterocycles. The molecule has 2 aromatic rings. The minimum atomic E-state index is -0.414. The van der Waals surface area contributed by atoms with E-state index in [-0.39, 0.29) is 10.6 Å². The summed E-state index contributed by atoms with van der Waals surface area (Å²) in [5, 5.41) is 4.07. The summed E-state index contributed by atoms with van der Waals surface area (Å²) in [5.74, 6) is -0.414. The number of thiocarbonyl (C=S) groups is 1.